The normalized spacial score (nSPS) is 10.4. The third-order valence-electron chi connectivity index (χ3n) is 2.35. The molecule has 0 unspecified atom stereocenters. The molecular formula is C12H18ClN3. The molecule has 0 fully saturated rings. The van der Waals surface area contributed by atoms with E-state index in [4.69, 9.17) is 11.6 Å². The van der Waals surface area contributed by atoms with Gasteiger partial charge >= 0.3 is 0 Å². The van der Waals surface area contributed by atoms with Crippen LogP contribution in [0.1, 0.15) is 44.9 Å². The van der Waals surface area contributed by atoms with Gasteiger partial charge in [0.15, 0.2) is 0 Å². The Kier molecular flexibility index (Phi) is 4.30. The van der Waals surface area contributed by atoms with Gasteiger partial charge in [-0.2, -0.15) is 5.10 Å². The predicted octanol–water partition coefficient (Wildman–Crippen LogP) is 3.84. The fraction of sp³-hybridized carbons (Fsp3) is 0.500. The van der Waals surface area contributed by atoms with Crippen molar-refractivity contribution in [2.24, 2.45) is 0 Å². The Morgan fingerprint density at radius 2 is 1.94 bits per heavy atom. The predicted molar refractivity (Wildman–Crippen MR) is 68.2 cm³/mol. The number of hydrogen-bond acceptors (Lipinski definition) is 2. The molecule has 0 aliphatic carbocycles. The minimum atomic E-state index is 0.433. The fourth-order valence-electron chi connectivity index (χ4n) is 1.63. The van der Waals surface area contributed by atoms with Gasteiger partial charge in [-0.15, -0.1) is 0 Å². The lowest BCUT2D eigenvalue weighted by molar-refractivity contribution is 0.852. The summed E-state index contributed by atoms with van der Waals surface area (Å²) in [6, 6.07) is 1.96. The molecule has 0 saturated carbocycles. The van der Waals surface area contributed by atoms with Crippen molar-refractivity contribution < 1.29 is 0 Å². The van der Waals surface area contributed by atoms with E-state index < -0.39 is 0 Å². The summed E-state index contributed by atoms with van der Waals surface area (Å²) in [5.74, 6) is 0.433. The van der Waals surface area contributed by atoms with Crippen LogP contribution in [0.15, 0.2) is 12.4 Å². The molecule has 0 atom stereocenters. The Morgan fingerprint density at radius 3 is 2.50 bits per heavy atom. The summed E-state index contributed by atoms with van der Waals surface area (Å²) in [5, 5.41) is 4.77. The molecule has 0 spiro atoms. The molecule has 2 heterocycles. The van der Waals surface area contributed by atoms with Crippen molar-refractivity contribution >= 4 is 17.1 Å². The van der Waals surface area contributed by atoms with Gasteiger partial charge in [-0.25, -0.2) is 9.50 Å². The van der Waals surface area contributed by atoms with E-state index in [0.29, 0.717) is 11.1 Å². The van der Waals surface area contributed by atoms with Gasteiger partial charge in [-0.05, 0) is 24.5 Å². The average molecular weight is 240 g/mol. The minimum Gasteiger partial charge on any atom is -0.238 e. The van der Waals surface area contributed by atoms with E-state index in [1.807, 2.05) is 26.8 Å². The maximum Gasteiger partial charge on any atom is 0.136 e. The monoisotopic (exact) mass is 239 g/mol. The lowest BCUT2D eigenvalue weighted by Crippen LogP contribution is -1.97. The molecule has 0 aliphatic heterocycles. The highest BCUT2D eigenvalue weighted by Gasteiger charge is 2.13. The number of aromatic nitrogens is 3. The molecular weight excluding hydrogens is 222 g/mol. The summed E-state index contributed by atoms with van der Waals surface area (Å²) in [7, 11) is 0. The fourth-order valence-corrected chi connectivity index (χ4v) is 1.87. The van der Waals surface area contributed by atoms with Gasteiger partial charge in [0.25, 0.3) is 0 Å². The Labute approximate surface area is 101 Å². The van der Waals surface area contributed by atoms with E-state index in [9.17, 15) is 0 Å². The number of hydrogen-bond donors (Lipinski definition) is 0. The number of halogens is 1. The van der Waals surface area contributed by atoms with Crippen LogP contribution in [0.2, 0.25) is 5.15 Å². The summed E-state index contributed by atoms with van der Waals surface area (Å²) in [6.45, 7) is 10.2. The largest absolute Gasteiger partial charge is 0.238 e. The first-order chi connectivity index (χ1) is 7.61. The van der Waals surface area contributed by atoms with Crippen LogP contribution in [-0.2, 0) is 0 Å². The van der Waals surface area contributed by atoms with Crippen LogP contribution in [0.3, 0.4) is 0 Å². The Morgan fingerprint density at radius 1 is 1.31 bits per heavy atom. The summed E-state index contributed by atoms with van der Waals surface area (Å²) in [5.41, 5.74) is 3.20. The topological polar surface area (TPSA) is 30.2 Å². The van der Waals surface area contributed by atoms with Crippen molar-refractivity contribution in [3.05, 3.63) is 28.8 Å². The molecule has 0 radical (unpaired) electrons. The average Bonchev–Trinajstić information content (AvgIpc) is 2.61. The molecule has 0 amide bonds. The Bertz CT molecular complexity index is 474. The molecule has 0 bridgehead atoms. The molecule has 4 heteroatoms. The maximum atomic E-state index is 6.07. The van der Waals surface area contributed by atoms with Crippen molar-refractivity contribution in [2.75, 3.05) is 0 Å². The molecule has 88 valence electrons. The van der Waals surface area contributed by atoms with E-state index in [1.54, 1.807) is 4.52 Å². The second-order valence-electron chi connectivity index (χ2n) is 3.68. The molecule has 2 aromatic rings. The first-order valence-electron chi connectivity index (χ1n) is 5.60. The first-order valence-corrected chi connectivity index (χ1v) is 5.97. The Balaban J connectivity index is 0.000000606. The molecule has 2 aromatic heterocycles. The molecule has 3 nitrogen and oxygen atoms in total. The zero-order chi connectivity index (χ0) is 12.3. The van der Waals surface area contributed by atoms with Gasteiger partial charge in [0.2, 0.25) is 0 Å². The van der Waals surface area contributed by atoms with Crippen molar-refractivity contribution in [1.29, 1.82) is 0 Å². The van der Waals surface area contributed by atoms with Gasteiger partial charge in [-0.3, -0.25) is 0 Å². The summed E-state index contributed by atoms with van der Waals surface area (Å²) in [4.78, 5) is 4.17. The van der Waals surface area contributed by atoms with Gasteiger partial charge in [0.1, 0.15) is 11.5 Å². The lowest BCUT2D eigenvalue weighted by atomic mass is 10.0. The molecule has 0 aromatic carbocycles. The molecule has 0 aliphatic rings. The van der Waals surface area contributed by atoms with Crippen LogP contribution < -0.4 is 0 Å². The van der Waals surface area contributed by atoms with Crippen molar-refractivity contribution in [3.8, 4) is 0 Å². The van der Waals surface area contributed by atoms with E-state index >= 15 is 0 Å². The van der Waals surface area contributed by atoms with Crippen molar-refractivity contribution in [2.45, 2.75) is 40.5 Å². The van der Waals surface area contributed by atoms with Crippen LogP contribution in [-0.4, -0.2) is 14.6 Å². The van der Waals surface area contributed by atoms with Crippen LogP contribution in [0.5, 0.6) is 0 Å². The number of aryl methyl sites for hydroxylation is 1. The molecule has 0 N–H and O–H groups in total. The summed E-state index contributed by atoms with van der Waals surface area (Å²) < 4.78 is 1.74. The van der Waals surface area contributed by atoms with Crippen LogP contribution in [0.25, 0.3) is 5.52 Å². The third-order valence-corrected chi connectivity index (χ3v) is 2.61. The summed E-state index contributed by atoms with van der Waals surface area (Å²) in [6.07, 6.45) is 1.53. The lowest BCUT2D eigenvalue weighted by Gasteiger charge is -2.04. The minimum absolute atomic E-state index is 0.433. The summed E-state index contributed by atoms with van der Waals surface area (Å²) >= 11 is 6.07. The van der Waals surface area contributed by atoms with Crippen LogP contribution in [0.4, 0.5) is 0 Å². The second kappa shape index (κ2) is 5.30. The number of nitrogens with zero attached hydrogens (tertiary/aromatic N) is 3. The SMILES string of the molecule is CC.Cc1ncnn2c(Cl)cc(C(C)C)c12. The van der Waals surface area contributed by atoms with Crippen LogP contribution >= 0.6 is 11.6 Å². The highest BCUT2D eigenvalue weighted by molar-refractivity contribution is 6.30. The zero-order valence-electron chi connectivity index (χ0n) is 10.5. The quantitative estimate of drug-likeness (QED) is 0.757. The van der Waals surface area contributed by atoms with Gasteiger partial charge in [0.05, 0.1) is 11.2 Å². The molecule has 0 saturated heterocycles. The third kappa shape index (κ3) is 2.19. The van der Waals surface area contributed by atoms with Crippen molar-refractivity contribution in [1.82, 2.24) is 14.6 Å². The first kappa shape index (κ1) is 13.0. The van der Waals surface area contributed by atoms with Gasteiger partial charge < -0.3 is 0 Å². The number of rotatable bonds is 1. The smallest absolute Gasteiger partial charge is 0.136 e. The zero-order valence-corrected chi connectivity index (χ0v) is 11.2. The van der Waals surface area contributed by atoms with E-state index in [2.05, 4.69) is 23.9 Å². The van der Waals surface area contributed by atoms with E-state index in [1.165, 1.54) is 11.9 Å². The second-order valence-corrected chi connectivity index (χ2v) is 4.07. The number of fused-ring (bicyclic) bond motifs is 1. The van der Waals surface area contributed by atoms with Gasteiger partial charge in [0, 0.05) is 0 Å². The van der Waals surface area contributed by atoms with E-state index in [-0.39, 0.29) is 0 Å². The van der Waals surface area contributed by atoms with Crippen LogP contribution in [0, 0.1) is 6.92 Å². The highest BCUT2D eigenvalue weighted by Crippen LogP contribution is 2.27. The van der Waals surface area contributed by atoms with Gasteiger partial charge in [-0.1, -0.05) is 39.3 Å². The standard InChI is InChI=1S/C10H12ClN3.C2H6/c1-6(2)8-4-9(11)14-10(8)7(3)12-5-13-14;1-2/h4-6H,1-3H3;1-2H3. The van der Waals surface area contributed by atoms with Crippen molar-refractivity contribution in [3.63, 3.8) is 0 Å². The Hall–Kier alpha value is -1.09. The molecule has 2 rings (SSSR count). The van der Waals surface area contributed by atoms with E-state index in [0.717, 1.165) is 11.2 Å². The molecule has 16 heavy (non-hydrogen) atoms. The highest BCUT2D eigenvalue weighted by atomic mass is 35.5. The maximum absolute atomic E-state index is 6.07.